The number of nitrogens with two attached hydrogens (primary N) is 1. The number of nitrogen functional groups attached to an aromatic ring is 1. The van der Waals surface area contributed by atoms with Crippen LogP contribution in [0.2, 0.25) is 0 Å². The molecule has 100 valence electrons. The summed E-state index contributed by atoms with van der Waals surface area (Å²) in [5.41, 5.74) is 6.38. The molecule has 0 aliphatic carbocycles. The van der Waals surface area contributed by atoms with E-state index in [2.05, 4.69) is 0 Å². The highest BCUT2D eigenvalue weighted by molar-refractivity contribution is 5.56. The number of halogens is 1. The van der Waals surface area contributed by atoms with E-state index in [1.54, 1.807) is 30.3 Å². The second kappa shape index (κ2) is 5.61. The third-order valence-electron chi connectivity index (χ3n) is 2.40. The highest BCUT2D eigenvalue weighted by Crippen LogP contribution is 2.30. The number of hydrogen-bond acceptors (Lipinski definition) is 3. The van der Waals surface area contributed by atoms with Crippen LogP contribution < -0.4 is 15.2 Å². The minimum Gasteiger partial charge on any atom is -0.489 e. The molecule has 0 spiro atoms. The van der Waals surface area contributed by atoms with Crippen LogP contribution in [0, 0.1) is 5.82 Å². The molecule has 3 nitrogen and oxygen atoms in total. The summed E-state index contributed by atoms with van der Waals surface area (Å²) in [7, 11) is 0. The first-order chi connectivity index (χ1) is 9.04. The summed E-state index contributed by atoms with van der Waals surface area (Å²) in [5, 5.41) is 0. The van der Waals surface area contributed by atoms with Crippen molar-refractivity contribution in [2.75, 3.05) is 5.73 Å². The average molecular weight is 261 g/mol. The van der Waals surface area contributed by atoms with Crippen molar-refractivity contribution in [2.45, 2.75) is 20.0 Å². The summed E-state index contributed by atoms with van der Waals surface area (Å²) in [4.78, 5) is 0. The average Bonchev–Trinajstić information content (AvgIpc) is 2.36. The zero-order valence-electron chi connectivity index (χ0n) is 10.9. The van der Waals surface area contributed by atoms with E-state index in [1.807, 2.05) is 13.8 Å². The van der Waals surface area contributed by atoms with Crippen LogP contribution in [0.3, 0.4) is 0 Å². The molecule has 0 saturated carbocycles. The van der Waals surface area contributed by atoms with Crippen LogP contribution in [0.25, 0.3) is 0 Å². The summed E-state index contributed by atoms with van der Waals surface area (Å²) in [5.74, 6) is 1.43. The quantitative estimate of drug-likeness (QED) is 0.846. The van der Waals surface area contributed by atoms with Gasteiger partial charge in [-0.15, -0.1) is 0 Å². The summed E-state index contributed by atoms with van der Waals surface area (Å²) >= 11 is 0. The molecule has 2 aromatic rings. The van der Waals surface area contributed by atoms with Crippen LogP contribution in [0.15, 0.2) is 42.5 Å². The molecular weight excluding hydrogens is 245 g/mol. The number of anilines is 1. The minimum atomic E-state index is -0.298. The Hall–Kier alpha value is -2.23. The van der Waals surface area contributed by atoms with E-state index in [0.717, 1.165) is 0 Å². The zero-order chi connectivity index (χ0) is 13.8. The van der Waals surface area contributed by atoms with Gasteiger partial charge in [-0.05, 0) is 50.2 Å². The van der Waals surface area contributed by atoms with Crippen molar-refractivity contribution in [3.05, 3.63) is 48.3 Å². The first-order valence-electron chi connectivity index (χ1n) is 6.04. The van der Waals surface area contributed by atoms with Gasteiger partial charge in [0.05, 0.1) is 11.8 Å². The molecule has 0 atom stereocenters. The van der Waals surface area contributed by atoms with E-state index in [0.29, 0.717) is 22.9 Å². The van der Waals surface area contributed by atoms with Gasteiger partial charge in [-0.2, -0.15) is 0 Å². The fourth-order valence-corrected chi connectivity index (χ4v) is 1.57. The van der Waals surface area contributed by atoms with Crippen molar-refractivity contribution in [2.24, 2.45) is 0 Å². The van der Waals surface area contributed by atoms with Crippen LogP contribution in [-0.2, 0) is 0 Å². The van der Waals surface area contributed by atoms with E-state index < -0.39 is 0 Å². The van der Waals surface area contributed by atoms with Gasteiger partial charge in [-0.25, -0.2) is 4.39 Å². The molecule has 0 saturated heterocycles. The van der Waals surface area contributed by atoms with Crippen molar-refractivity contribution in [3.63, 3.8) is 0 Å². The van der Waals surface area contributed by atoms with E-state index in [-0.39, 0.29) is 11.9 Å². The first-order valence-corrected chi connectivity index (χ1v) is 6.04. The first kappa shape index (κ1) is 13.2. The molecule has 0 amide bonds. The minimum absolute atomic E-state index is 0.0309. The van der Waals surface area contributed by atoms with E-state index in [1.165, 1.54) is 12.1 Å². The summed E-state index contributed by atoms with van der Waals surface area (Å²) < 4.78 is 24.0. The zero-order valence-corrected chi connectivity index (χ0v) is 10.9. The van der Waals surface area contributed by atoms with E-state index in [4.69, 9.17) is 15.2 Å². The maximum absolute atomic E-state index is 12.8. The van der Waals surface area contributed by atoms with Crippen molar-refractivity contribution < 1.29 is 13.9 Å². The molecule has 0 heterocycles. The fraction of sp³-hybridized carbons (Fsp3) is 0.200. The van der Waals surface area contributed by atoms with Gasteiger partial charge in [0.1, 0.15) is 23.1 Å². The molecule has 0 aliphatic heterocycles. The predicted octanol–water partition coefficient (Wildman–Crippen LogP) is 3.99. The summed E-state index contributed by atoms with van der Waals surface area (Å²) in [6.45, 7) is 3.85. The van der Waals surface area contributed by atoms with Gasteiger partial charge >= 0.3 is 0 Å². The lowest BCUT2D eigenvalue weighted by atomic mass is 10.2. The monoisotopic (exact) mass is 261 g/mol. The van der Waals surface area contributed by atoms with Crippen LogP contribution in [0.4, 0.5) is 10.1 Å². The lowest BCUT2D eigenvalue weighted by Crippen LogP contribution is -2.07. The van der Waals surface area contributed by atoms with Gasteiger partial charge in [-0.1, -0.05) is 0 Å². The molecule has 0 unspecified atom stereocenters. The Morgan fingerprint density at radius 3 is 2.26 bits per heavy atom. The van der Waals surface area contributed by atoms with Crippen LogP contribution >= 0.6 is 0 Å². The Labute approximate surface area is 111 Å². The Kier molecular flexibility index (Phi) is 3.90. The predicted molar refractivity (Wildman–Crippen MR) is 73.1 cm³/mol. The van der Waals surface area contributed by atoms with Gasteiger partial charge in [0.2, 0.25) is 0 Å². The molecule has 0 fully saturated rings. The number of hydrogen-bond donors (Lipinski definition) is 1. The third kappa shape index (κ3) is 3.61. The highest BCUT2D eigenvalue weighted by Gasteiger charge is 2.06. The molecule has 0 aromatic heterocycles. The van der Waals surface area contributed by atoms with Gasteiger partial charge in [-0.3, -0.25) is 0 Å². The van der Waals surface area contributed by atoms with Crippen LogP contribution in [-0.4, -0.2) is 6.10 Å². The van der Waals surface area contributed by atoms with Gasteiger partial charge in [0.25, 0.3) is 0 Å². The standard InChI is InChI=1S/C15H16FNO2/c1-10(2)18-15-9-13(7-8-14(15)17)19-12-5-3-11(16)4-6-12/h3-10H,17H2,1-2H3. The number of ether oxygens (including phenoxy) is 2. The van der Waals surface area contributed by atoms with Crippen molar-refractivity contribution >= 4 is 5.69 Å². The van der Waals surface area contributed by atoms with Crippen molar-refractivity contribution in [3.8, 4) is 17.2 Å². The largest absolute Gasteiger partial charge is 0.489 e. The van der Waals surface area contributed by atoms with Gasteiger partial charge in [0.15, 0.2) is 0 Å². The lowest BCUT2D eigenvalue weighted by Gasteiger charge is -2.13. The van der Waals surface area contributed by atoms with Crippen molar-refractivity contribution in [1.82, 2.24) is 0 Å². The van der Waals surface area contributed by atoms with Crippen molar-refractivity contribution in [1.29, 1.82) is 0 Å². The maximum atomic E-state index is 12.8. The maximum Gasteiger partial charge on any atom is 0.146 e. The summed E-state index contributed by atoms with van der Waals surface area (Å²) in [6, 6.07) is 11.0. The molecule has 2 aromatic carbocycles. The fourth-order valence-electron chi connectivity index (χ4n) is 1.57. The van der Waals surface area contributed by atoms with E-state index in [9.17, 15) is 4.39 Å². The number of rotatable bonds is 4. The molecule has 19 heavy (non-hydrogen) atoms. The Bertz CT molecular complexity index is 553. The van der Waals surface area contributed by atoms with Gasteiger partial charge < -0.3 is 15.2 Å². The van der Waals surface area contributed by atoms with Gasteiger partial charge in [0, 0.05) is 6.07 Å². The SMILES string of the molecule is CC(C)Oc1cc(Oc2ccc(F)cc2)ccc1N. The van der Waals surface area contributed by atoms with E-state index >= 15 is 0 Å². The molecule has 0 bridgehead atoms. The number of benzene rings is 2. The Morgan fingerprint density at radius 2 is 1.63 bits per heavy atom. The normalized spacial score (nSPS) is 10.5. The van der Waals surface area contributed by atoms with Crippen LogP contribution in [0.1, 0.15) is 13.8 Å². The molecule has 4 heteroatoms. The highest BCUT2D eigenvalue weighted by atomic mass is 19.1. The Balaban J connectivity index is 2.18. The molecule has 0 radical (unpaired) electrons. The topological polar surface area (TPSA) is 44.5 Å². The van der Waals surface area contributed by atoms with Crippen LogP contribution in [0.5, 0.6) is 17.2 Å². The lowest BCUT2D eigenvalue weighted by molar-refractivity contribution is 0.243. The second-order valence-electron chi connectivity index (χ2n) is 4.42. The second-order valence-corrected chi connectivity index (χ2v) is 4.42. The molecule has 2 rings (SSSR count). The molecule has 0 aliphatic rings. The molecular formula is C15H16FNO2. The smallest absolute Gasteiger partial charge is 0.146 e. The third-order valence-corrected chi connectivity index (χ3v) is 2.40. The summed E-state index contributed by atoms with van der Waals surface area (Å²) in [6.07, 6.45) is 0.0309. The molecule has 2 N–H and O–H groups in total. The Morgan fingerprint density at radius 1 is 1.00 bits per heavy atom.